The van der Waals surface area contributed by atoms with E-state index in [1.165, 1.54) is 0 Å². The maximum absolute atomic E-state index is 10.9. The van der Waals surface area contributed by atoms with Gasteiger partial charge in [0.25, 0.3) is 0 Å². The second kappa shape index (κ2) is 4.66. The first-order valence-corrected chi connectivity index (χ1v) is 5.28. The van der Waals surface area contributed by atoms with Crippen LogP contribution in [0.1, 0.15) is 6.92 Å². The van der Waals surface area contributed by atoms with Crippen LogP contribution in [0, 0.1) is 11.8 Å². The van der Waals surface area contributed by atoms with Crippen molar-refractivity contribution in [3.05, 3.63) is 0 Å². The largest absolute Gasteiger partial charge is 0.616 e. The summed E-state index contributed by atoms with van der Waals surface area (Å²) in [7, 11) is 0. The summed E-state index contributed by atoms with van der Waals surface area (Å²) in [6, 6.07) is 0. The number of hydrogen-bond donors (Lipinski definition) is 0. The molecule has 0 radical (unpaired) electrons. The lowest BCUT2D eigenvalue weighted by Gasteiger charge is -2.25. The van der Waals surface area contributed by atoms with Crippen molar-refractivity contribution < 1.29 is 4.55 Å². The third-order valence-electron chi connectivity index (χ3n) is 1.75. The third-order valence-corrected chi connectivity index (χ3v) is 3.03. The van der Waals surface area contributed by atoms with Crippen LogP contribution in [0.15, 0.2) is 0 Å². The summed E-state index contributed by atoms with van der Waals surface area (Å²) >= 11 is -0.556. The van der Waals surface area contributed by atoms with E-state index in [0.717, 1.165) is 31.1 Å². The fraction of sp³-hybridized carbons (Fsp3) is 0.750. The molecule has 1 rings (SSSR count). The van der Waals surface area contributed by atoms with Crippen molar-refractivity contribution in [1.82, 2.24) is 4.90 Å². The highest BCUT2D eigenvalue weighted by molar-refractivity contribution is 7.91. The molecule has 0 aromatic rings. The van der Waals surface area contributed by atoms with Gasteiger partial charge in [0, 0.05) is 13.1 Å². The third kappa shape index (κ3) is 3.15. The smallest absolute Gasteiger partial charge is 0.118 e. The molecular formula is C8H13NOS. The van der Waals surface area contributed by atoms with Crippen LogP contribution in [0.25, 0.3) is 0 Å². The van der Waals surface area contributed by atoms with Gasteiger partial charge in [0.2, 0.25) is 0 Å². The van der Waals surface area contributed by atoms with Crippen LogP contribution >= 0.6 is 0 Å². The lowest BCUT2D eigenvalue weighted by atomic mass is 10.4. The van der Waals surface area contributed by atoms with Crippen molar-refractivity contribution in [3.8, 4) is 11.8 Å². The van der Waals surface area contributed by atoms with Gasteiger partial charge in [-0.1, -0.05) is 17.1 Å². The van der Waals surface area contributed by atoms with Crippen molar-refractivity contribution in [2.24, 2.45) is 0 Å². The molecule has 1 heterocycles. The summed E-state index contributed by atoms with van der Waals surface area (Å²) < 4.78 is 10.9. The highest BCUT2D eigenvalue weighted by atomic mass is 32.2. The highest BCUT2D eigenvalue weighted by Crippen LogP contribution is 2.01. The van der Waals surface area contributed by atoms with Gasteiger partial charge in [-0.2, -0.15) is 0 Å². The van der Waals surface area contributed by atoms with Crippen molar-refractivity contribution in [2.45, 2.75) is 6.92 Å². The molecule has 1 fully saturated rings. The summed E-state index contributed by atoms with van der Waals surface area (Å²) in [6.45, 7) is 4.58. The van der Waals surface area contributed by atoms with Crippen LogP contribution in [0.5, 0.6) is 0 Å². The van der Waals surface area contributed by atoms with Crippen LogP contribution in [-0.2, 0) is 11.2 Å². The Bertz CT molecular complexity index is 165. The van der Waals surface area contributed by atoms with Crippen molar-refractivity contribution in [3.63, 3.8) is 0 Å². The van der Waals surface area contributed by atoms with Crippen LogP contribution in [0.3, 0.4) is 0 Å². The molecule has 3 heteroatoms. The second-order valence-electron chi connectivity index (χ2n) is 2.55. The normalized spacial score (nSPS) is 20.9. The molecule has 0 N–H and O–H groups in total. The fourth-order valence-electron chi connectivity index (χ4n) is 1.02. The second-order valence-corrected chi connectivity index (χ2v) is 4.25. The Morgan fingerprint density at radius 3 is 2.64 bits per heavy atom. The van der Waals surface area contributed by atoms with Crippen LogP contribution in [-0.4, -0.2) is 40.6 Å². The number of rotatable bonds is 1. The van der Waals surface area contributed by atoms with E-state index in [0.29, 0.717) is 0 Å². The van der Waals surface area contributed by atoms with Gasteiger partial charge in [-0.25, -0.2) is 0 Å². The summed E-state index contributed by atoms with van der Waals surface area (Å²) in [5.41, 5.74) is 0. The van der Waals surface area contributed by atoms with E-state index < -0.39 is 11.2 Å². The van der Waals surface area contributed by atoms with Crippen molar-refractivity contribution in [1.29, 1.82) is 0 Å². The van der Waals surface area contributed by atoms with Crippen molar-refractivity contribution >= 4 is 11.2 Å². The molecule has 0 atom stereocenters. The van der Waals surface area contributed by atoms with Gasteiger partial charge < -0.3 is 4.55 Å². The Morgan fingerprint density at radius 1 is 1.45 bits per heavy atom. The molecular weight excluding hydrogens is 158 g/mol. The van der Waals surface area contributed by atoms with E-state index in [2.05, 4.69) is 16.7 Å². The molecule has 2 nitrogen and oxygen atoms in total. The molecule has 62 valence electrons. The predicted octanol–water partition coefficient (Wildman–Crippen LogP) is 0.0740. The lowest BCUT2D eigenvalue weighted by molar-refractivity contribution is 0.331. The maximum Gasteiger partial charge on any atom is 0.118 e. The minimum Gasteiger partial charge on any atom is -0.616 e. The molecule has 11 heavy (non-hydrogen) atoms. The average Bonchev–Trinajstić information content (AvgIpc) is 2.04. The minimum absolute atomic E-state index is 0.556. The van der Waals surface area contributed by atoms with Gasteiger partial charge in [-0.3, -0.25) is 4.90 Å². The monoisotopic (exact) mass is 171 g/mol. The molecule has 0 aromatic carbocycles. The van der Waals surface area contributed by atoms with E-state index in [-0.39, 0.29) is 0 Å². The highest BCUT2D eigenvalue weighted by Gasteiger charge is 2.17. The zero-order valence-electron chi connectivity index (χ0n) is 6.80. The molecule has 1 aliphatic rings. The zero-order chi connectivity index (χ0) is 8.10. The first-order chi connectivity index (χ1) is 5.33. The van der Waals surface area contributed by atoms with Gasteiger partial charge in [0.1, 0.15) is 11.5 Å². The molecule has 0 amide bonds. The Hall–Kier alpha value is -0.170. The van der Waals surface area contributed by atoms with E-state index in [4.69, 9.17) is 0 Å². The zero-order valence-corrected chi connectivity index (χ0v) is 7.62. The van der Waals surface area contributed by atoms with Gasteiger partial charge in [-0.05, 0) is 6.92 Å². The SMILES string of the molecule is CC#CCN1CC[S+]([O-])CC1. The molecule has 0 spiro atoms. The van der Waals surface area contributed by atoms with Gasteiger partial charge in [0.05, 0.1) is 6.54 Å². The fourth-order valence-corrected chi connectivity index (χ4v) is 2.15. The molecule has 0 unspecified atom stereocenters. The Labute approximate surface area is 71.1 Å². The molecule has 0 saturated carbocycles. The standard InChI is InChI=1S/C8H13NOS/c1-2-3-4-9-5-7-11(10)8-6-9/h4-8H2,1H3. The van der Waals surface area contributed by atoms with Crippen LogP contribution in [0.2, 0.25) is 0 Å². The summed E-state index contributed by atoms with van der Waals surface area (Å²) in [4.78, 5) is 2.25. The molecule has 0 bridgehead atoms. The lowest BCUT2D eigenvalue weighted by Crippen LogP contribution is -2.40. The van der Waals surface area contributed by atoms with E-state index in [1.807, 2.05) is 6.92 Å². The Balaban J connectivity index is 2.20. The van der Waals surface area contributed by atoms with Gasteiger partial charge in [-0.15, -0.1) is 5.92 Å². The van der Waals surface area contributed by atoms with E-state index in [9.17, 15) is 4.55 Å². The molecule has 0 aromatic heterocycles. The van der Waals surface area contributed by atoms with Gasteiger partial charge in [0.15, 0.2) is 0 Å². The van der Waals surface area contributed by atoms with Gasteiger partial charge >= 0.3 is 0 Å². The number of nitrogens with zero attached hydrogens (tertiary/aromatic N) is 1. The number of hydrogen-bond acceptors (Lipinski definition) is 2. The molecule has 1 aliphatic heterocycles. The topological polar surface area (TPSA) is 26.3 Å². The Morgan fingerprint density at radius 2 is 2.09 bits per heavy atom. The summed E-state index contributed by atoms with van der Waals surface area (Å²) in [5, 5.41) is 0. The van der Waals surface area contributed by atoms with Crippen LogP contribution in [0.4, 0.5) is 0 Å². The van der Waals surface area contributed by atoms with Crippen molar-refractivity contribution in [2.75, 3.05) is 31.1 Å². The van der Waals surface area contributed by atoms with E-state index in [1.54, 1.807) is 0 Å². The Kier molecular flexibility index (Phi) is 3.78. The van der Waals surface area contributed by atoms with E-state index >= 15 is 0 Å². The molecule has 0 aliphatic carbocycles. The molecule has 1 saturated heterocycles. The quantitative estimate of drug-likeness (QED) is 0.412. The predicted molar refractivity (Wildman–Crippen MR) is 47.8 cm³/mol. The summed E-state index contributed by atoms with van der Waals surface area (Å²) in [6.07, 6.45) is 0. The maximum atomic E-state index is 10.9. The first kappa shape index (κ1) is 8.92. The van der Waals surface area contributed by atoms with Crippen LogP contribution < -0.4 is 0 Å². The average molecular weight is 171 g/mol. The summed E-state index contributed by atoms with van der Waals surface area (Å²) in [5.74, 6) is 7.52. The minimum atomic E-state index is -0.556. The first-order valence-electron chi connectivity index (χ1n) is 3.80.